The zero-order valence-electron chi connectivity index (χ0n) is 9.71. The van der Waals surface area contributed by atoms with Crippen LogP contribution in [-0.4, -0.2) is 34.3 Å². The SMILES string of the molecule is N[C@@H](Cc1ccc(CCB(O)O)cc1F)C(=O)O. The molecule has 5 nitrogen and oxygen atoms in total. The van der Waals surface area contributed by atoms with Crippen LogP contribution >= 0.6 is 0 Å². The molecule has 1 atom stereocenters. The molecule has 0 unspecified atom stereocenters. The van der Waals surface area contributed by atoms with E-state index in [1.54, 1.807) is 6.07 Å². The molecule has 0 fully saturated rings. The van der Waals surface area contributed by atoms with E-state index in [9.17, 15) is 9.18 Å². The van der Waals surface area contributed by atoms with Crippen LogP contribution < -0.4 is 5.73 Å². The van der Waals surface area contributed by atoms with Crippen LogP contribution in [0.2, 0.25) is 6.32 Å². The Kier molecular flexibility index (Phi) is 5.27. The van der Waals surface area contributed by atoms with Gasteiger partial charge < -0.3 is 20.9 Å². The van der Waals surface area contributed by atoms with E-state index in [2.05, 4.69) is 0 Å². The summed E-state index contributed by atoms with van der Waals surface area (Å²) < 4.78 is 13.6. The maximum absolute atomic E-state index is 13.6. The minimum absolute atomic E-state index is 0.0793. The molecule has 0 aliphatic heterocycles. The number of carboxylic acid groups (broad SMARTS) is 1. The Balaban J connectivity index is 2.70. The van der Waals surface area contributed by atoms with Crippen LogP contribution in [0.25, 0.3) is 0 Å². The molecule has 98 valence electrons. The van der Waals surface area contributed by atoms with Crippen LogP contribution in [0.1, 0.15) is 11.1 Å². The molecule has 0 saturated carbocycles. The highest BCUT2D eigenvalue weighted by Crippen LogP contribution is 2.14. The summed E-state index contributed by atoms with van der Waals surface area (Å²) in [6, 6.07) is 3.21. The number of rotatable bonds is 6. The summed E-state index contributed by atoms with van der Waals surface area (Å²) in [4.78, 5) is 10.6. The topological polar surface area (TPSA) is 104 Å². The zero-order valence-corrected chi connectivity index (χ0v) is 9.71. The average molecular weight is 255 g/mol. The van der Waals surface area contributed by atoms with E-state index in [0.29, 0.717) is 12.0 Å². The summed E-state index contributed by atoms with van der Waals surface area (Å²) >= 11 is 0. The van der Waals surface area contributed by atoms with Crippen molar-refractivity contribution in [1.82, 2.24) is 0 Å². The van der Waals surface area contributed by atoms with Gasteiger partial charge in [-0.1, -0.05) is 12.1 Å². The number of hydrogen-bond donors (Lipinski definition) is 4. The first-order chi connectivity index (χ1) is 8.40. The molecule has 0 spiro atoms. The number of nitrogens with two attached hydrogens (primary N) is 1. The number of halogens is 1. The molecule has 0 saturated heterocycles. The molecule has 0 aliphatic carbocycles. The van der Waals surface area contributed by atoms with Crippen LogP contribution in [0.3, 0.4) is 0 Å². The zero-order chi connectivity index (χ0) is 13.7. The fourth-order valence-corrected chi connectivity index (χ4v) is 1.53. The third kappa shape index (κ3) is 4.44. The molecule has 18 heavy (non-hydrogen) atoms. The molecular formula is C11H15BFNO4. The molecule has 0 aliphatic rings. The van der Waals surface area contributed by atoms with Crippen LogP contribution in [0.5, 0.6) is 0 Å². The Morgan fingerprint density at radius 3 is 2.61 bits per heavy atom. The molecule has 7 heteroatoms. The predicted molar refractivity (Wildman–Crippen MR) is 64.4 cm³/mol. The lowest BCUT2D eigenvalue weighted by Crippen LogP contribution is -2.32. The normalized spacial score (nSPS) is 12.2. The van der Waals surface area contributed by atoms with Crippen molar-refractivity contribution in [3.8, 4) is 0 Å². The molecular weight excluding hydrogens is 240 g/mol. The van der Waals surface area contributed by atoms with Crippen LogP contribution in [0.4, 0.5) is 4.39 Å². The summed E-state index contributed by atoms with van der Waals surface area (Å²) in [5, 5.41) is 26.0. The van der Waals surface area contributed by atoms with Crippen molar-refractivity contribution in [1.29, 1.82) is 0 Å². The van der Waals surface area contributed by atoms with Crippen molar-refractivity contribution in [3.63, 3.8) is 0 Å². The van der Waals surface area contributed by atoms with Gasteiger partial charge in [-0.05, 0) is 29.9 Å². The number of aryl methyl sites for hydroxylation is 1. The van der Waals surface area contributed by atoms with Gasteiger partial charge in [-0.2, -0.15) is 0 Å². The van der Waals surface area contributed by atoms with Gasteiger partial charge in [0.25, 0.3) is 0 Å². The van der Waals surface area contributed by atoms with Gasteiger partial charge >= 0.3 is 13.1 Å². The number of hydrogen-bond acceptors (Lipinski definition) is 4. The minimum Gasteiger partial charge on any atom is -0.480 e. The fourth-order valence-electron chi connectivity index (χ4n) is 1.53. The van der Waals surface area contributed by atoms with Gasteiger partial charge in [0, 0.05) is 6.42 Å². The molecule has 0 bridgehead atoms. The highest BCUT2D eigenvalue weighted by Gasteiger charge is 2.15. The van der Waals surface area contributed by atoms with Crippen LogP contribution in [0.15, 0.2) is 18.2 Å². The maximum atomic E-state index is 13.6. The molecule has 1 rings (SSSR count). The summed E-state index contributed by atoms with van der Waals surface area (Å²) in [6.45, 7) is 0. The Morgan fingerprint density at radius 2 is 2.11 bits per heavy atom. The van der Waals surface area contributed by atoms with Gasteiger partial charge in [0.05, 0.1) is 0 Å². The summed E-state index contributed by atoms with van der Waals surface area (Å²) in [7, 11) is -1.42. The molecule has 0 amide bonds. The van der Waals surface area contributed by atoms with Gasteiger partial charge in [-0.25, -0.2) is 4.39 Å². The van der Waals surface area contributed by atoms with Gasteiger partial charge in [0.15, 0.2) is 0 Å². The highest BCUT2D eigenvalue weighted by molar-refractivity contribution is 6.40. The van der Waals surface area contributed by atoms with Crippen molar-refractivity contribution < 1.29 is 24.3 Å². The maximum Gasteiger partial charge on any atom is 0.451 e. The third-order valence-corrected chi connectivity index (χ3v) is 2.57. The van der Waals surface area contributed by atoms with Crippen LogP contribution in [-0.2, 0) is 17.6 Å². The highest BCUT2D eigenvalue weighted by atomic mass is 19.1. The summed E-state index contributed by atoms with van der Waals surface area (Å²) in [6.07, 6.45) is 0.372. The first kappa shape index (κ1) is 14.6. The lowest BCUT2D eigenvalue weighted by Gasteiger charge is -2.09. The average Bonchev–Trinajstić information content (AvgIpc) is 2.29. The van der Waals surface area contributed by atoms with E-state index in [0.717, 1.165) is 0 Å². The van der Waals surface area contributed by atoms with E-state index in [-0.39, 0.29) is 18.3 Å². The van der Waals surface area contributed by atoms with E-state index < -0.39 is 24.9 Å². The van der Waals surface area contributed by atoms with Crippen molar-refractivity contribution >= 4 is 13.1 Å². The third-order valence-electron chi connectivity index (χ3n) is 2.57. The van der Waals surface area contributed by atoms with Gasteiger partial charge in [0.1, 0.15) is 11.9 Å². The largest absolute Gasteiger partial charge is 0.480 e. The van der Waals surface area contributed by atoms with Gasteiger partial charge in [0.2, 0.25) is 0 Å². The predicted octanol–water partition coefficient (Wildman–Crippen LogP) is -0.205. The lowest BCUT2D eigenvalue weighted by atomic mass is 9.82. The number of benzene rings is 1. The Hall–Kier alpha value is -1.44. The standard InChI is InChI=1S/C11H15BFNO4/c13-9-5-7(3-4-12(17)18)1-2-8(9)6-10(14)11(15)16/h1-2,5,10,17-18H,3-4,6,14H2,(H,15,16)/t10-/m0/s1. The number of carbonyl (C=O) groups is 1. The first-order valence-corrected chi connectivity index (χ1v) is 5.52. The molecule has 1 aromatic carbocycles. The van der Waals surface area contributed by atoms with Crippen molar-refractivity contribution in [2.75, 3.05) is 0 Å². The molecule has 0 heterocycles. The summed E-state index contributed by atoms with van der Waals surface area (Å²) in [5.41, 5.74) is 6.17. The van der Waals surface area contributed by atoms with Gasteiger partial charge in [-0.3, -0.25) is 4.79 Å². The molecule has 0 radical (unpaired) electrons. The first-order valence-electron chi connectivity index (χ1n) is 5.52. The van der Waals surface area contributed by atoms with E-state index in [4.69, 9.17) is 20.9 Å². The van der Waals surface area contributed by atoms with Crippen molar-refractivity contribution in [3.05, 3.63) is 35.1 Å². The van der Waals surface area contributed by atoms with E-state index in [1.807, 2.05) is 0 Å². The molecule has 0 aromatic heterocycles. The van der Waals surface area contributed by atoms with E-state index >= 15 is 0 Å². The Labute approximate surface area is 104 Å². The number of carboxylic acids is 1. The molecule has 5 N–H and O–H groups in total. The second kappa shape index (κ2) is 6.48. The van der Waals surface area contributed by atoms with Gasteiger partial charge in [-0.15, -0.1) is 0 Å². The quantitative estimate of drug-likeness (QED) is 0.527. The lowest BCUT2D eigenvalue weighted by molar-refractivity contribution is -0.138. The fraction of sp³-hybridized carbons (Fsp3) is 0.364. The number of aliphatic carboxylic acids is 1. The van der Waals surface area contributed by atoms with E-state index in [1.165, 1.54) is 12.1 Å². The smallest absolute Gasteiger partial charge is 0.451 e. The molecule has 1 aromatic rings. The minimum atomic E-state index is -1.42. The van der Waals surface area contributed by atoms with Crippen molar-refractivity contribution in [2.24, 2.45) is 5.73 Å². The Morgan fingerprint density at radius 1 is 1.44 bits per heavy atom. The second-order valence-electron chi connectivity index (χ2n) is 4.09. The van der Waals surface area contributed by atoms with Crippen molar-refractivity contribution in [2.45, 2.75) is 25.2 Å². The Bertz CT molecular complexity index is 428. The monoisotopic (exact) mass is 255 g/mol. The second-order valence-corrected chi connectivity index (χ2v) is 4.09. The summed E-state index contributed by atoms with van der Waals surface area (Å²) in [5.74, 6) is -1.71. The van der Waals surface area contributed by atoms with Crippen LogP contribution in [0, 0.1) is 5.82 Å².